The van der Waals surface area contributed by atoms with Crippen molar-refractivity contribution in [2.75, 3.05) is 0 Å². The first kappa shape index (κ1) is 29.0. The molecular formula is C15H30O8. The molecule has 8 heteroatoms. The Labute approximate surface area is 137 Å². The number of rotatable bonds is 4. The maximum absolute atomic E-state index is 10.0. The van der Waals surface area contributed by atoms with Gasteiger partial charge in [-0.3, -0.25) is 19.2 Å². The third-order valence-corrected chi connectivity index (χ3v) is 1.69. The molecule has 0 aliphatic carbocycles. The highest BCUT2D eigenvalue weighted by molar-refractivity contribution is 5.72. The molecule has 138 valence electrons. The fraction of sp³-hybridized carbons (Fsp3) is 0.733. The molecule has 23 heavy (non-hydrogen) atoms. The van der Waals surface area contributed by atoms with Gasteiger partial charge in [-0.05, 0) is 27.2 Å². The van der Waals surface area contributed by atoms with Gasteiger partial charge >= 0.3 is 17.9 Å². The second kappa shape index (κ2) is 17.9. The minimum absolute atomic E-state index is 0.222. The van der Waals surface area contributed by atoms with Crippen LogP contribution in [0.1, 0.15) is 67.2 Å². The first-order valence-electron chi connectivity index (χ1n) is 7.08. The van der Waals surface area contributed by atoms with Crippen molar-refractivity contribution in [3.05, 3.63) is 0 Å². The highest BCUT2D eigenvalue weighted by Crippen LogP contribution is 2.11. The Hall–Kier alpha value is -2.12. The SMILES string of the molecule is CC(=O)O.CC(C)(C)C(=O)O.CCC(=O)O.CCCCC(=O)O. The molecular weight excluding hydrogens is 308 g/mol. The topological polar surface area (TPSA) is 149 Å². The van der Waals surface area contributed by atoms with E-state index in [4.69, 9.17) is 25.2 Å². The molecule has 0 saturated heterocycles. The molecule has 0 heterocycles. The lowest BCUT2D eigenvalue weighted by molar-refractivity contribution is -0.146. The Bertz CT molecular complexity index is 338. The van der Waals surface area contributed by atoms with Crippen LogP contribution in [0.3, 0.4) is 0 Å². The maximum Gasteiger partial charge on any atom is 0.308 e. The van der Waals surface area contributed by atoms with E-state index < -0.39 is 29.3 Å². The van der Waals surface area contributed by atoms with Gasteiger partial charge in [-0.2, -0.15) is 0 Å². The fourth-order valence-electron chi connectivity index (χ4n) is 0.328. The maximum atomic E-state index is 10.0. The Kier molecular flexibility index (Phi) is 22.6. The largest absolute Gasteiger partial charge is 0.481 e. The van der Waals surface area contributed by atoms with E-state index in [0.717, 1.165) is 19.8 Å². The molecule has 0 atom stereocenters. The average Bonchev–Trinajstić information content (AvgIpc) is 2.35. The molecule has 0 aliphatic rings. The third kappa shape index (κ3) is 65.1. The van der Waals surface area contributed by atoms with Crippen LogP contribution in [0, 0.1) is 5.41 Å². The summed E-state index contributed by atoms with van der Waals surface area (Å²) >= 11 is 0. The number of carbonyl (C=O) groups is 4. The first-order valence-corrected chi connectivity index (χ1v) is 7.08. The van der Waals surface area contributed by atoms with E-state index in [-0.39, 0.29) is 6.42 Å². The van der Waals surface area contributed by atoms with Gasteiger partial charge in [0.1, 0.15) is 0 Å². The lowest BCUT2D eigenvalue weighted by atomic mass is 9.98. The van der Waals surface area contributed by atoms with Gasteiger partial charge < -0.3 is 20.4 Å². The van der Waals surface area contributed by atoms with Crippen LogP contribution < -0.4 is 0 Å². The number of hydrogen-bond acceptors (Lipinski definition) is 4. The van der Waals surface area contributed by atoms with Gasteiger partial charge in [0.05, 0.1) is 5.41 Å². The molecule has 0 aliphatic heterocycles. The smallest absolute Gasteiger partial charge is 0.308 e. The van der Waals surface area contributed by atoms with Crippen molar-refractivity contribution in [1.29, 1.82) is 0 Å². The van der Waals surface area contributed by atoms with E-state index >= 15 is 0 Å². The first-order chi connectivity index (χ1) is 10.2. The summed E-state index contributed by atoms with van der Waals surface area (Å²) in [6, 6.07) is 0. The third-order valence-electron chi connectivity index (χ3n) is 1.69. The molecule has 0 saturated carbocycles. The summed E-state index contributed by atoms with van der Waals surface area (Å²) in [5, 5.41) is 31.4. The van der Waals surface area contributed by atoms with E-state index in [1.807, 2.05) is 6.92 Å². The monoisotopic (exact) mass is 338 g/mol. The van der Waals surface area contributed by atoms with Gasteiger partial charge in [0.25, 0.3) is 5.97 Å². The molecule has 0 fully saturated rings. The van der Waals surface area contributed by atoms with E-state index in [9.17, 15) is 14.4 Å². The summed E-state index contributed by atoms with van der Waals surface area (Å²) in [7, 11) is 0. The van der Waals surface area contributed by atoms with E-state index in [0.29, 0.717) is 6.42 Å². The van der Waals surface area contributed by atoms with Crippen LogP contribution in [-0.4, -0.2) is 44.3 Å². The average molecular weight is 338 g/mol. The molecule has 0 aromatic heterocycles. The minimum Gasteiger partial charge on any atom is -0.481 e. The zero-order valence-electron chi connectivity index (χ0n) is 14.8. The van der Waals surface area contributed by atoms with Gasteiger partial charge in [0, 0.05) is 19.8 Å². The molecule has 0 amide bonds. The van der Waals surface area contributed by atoms with Crippen molar-refractivity contribution in [1.82, 2.24) is 0 Å². The van der Waals surface area contributed by atoms with Crippen molar-refractivity contribution in [3.8, 4) is 0 Å². The zero-order chi connectivity index (χ0) is 19.6. The summed E-state index contributed by atoms with van der Waals surface area (Å²) in [6.45, 7) is 9.64. The highest BCUT2D eigenvalue weighted by Gasteiger charge is 2.18. The molecule has 0 spiro atoms. The molecule has 0 aromatic carbocycles. The quantitative estimate of drug-likeness (QED) is 0.611. The van der Waals surface area contributed by atoms with E-state index in [1.54, 1.807) is 27.7 Å². The molecule has 4 N–H and O–H groups in total. The second-order valence-electron chi connectivity index (χ2n) is 5.32. The standard InChI is InChI=1S/2C5H10O2.C3H6O2.C2H4O2/c1-5(2,3)4(6)7;1-2-3-4-5(6)7;1-2-3(4)5;1-2(3)4/h1-3H3,(H,6,7);2-4H2,1H3,(H,6,7);2H2,1H3,(H,4,5);1H3,(H,3,4). The highest BCUT2D eigenvalue weighted by atomic mass is 16.4. The predicted molar refractivity (Wildman–Crippen MR) is 85.5 cm³/mol. The van der Waals surface area contributed by atoms with E-state index in [1.165, 1.54) is 0 Å². The molecule has 0 aromatic rings. The number of carboxylic acid groups (broad SMARTS) is 4. The summed E-state index contributed by atoms with van der Waals surface area (Å²) in [5.74, 6) is -3.03. The number of carboxylic acids is 4. The lowest BCUT2D eigenvalue weighted by Crippen LogP contribution is -2.18. The normalized spacial score (nSPS) is 8.78. The fourth-order valence-corrected chi connectivity index (χ4v) is 0.328. The van der Waals surface area contributed by atoms with E-state index in [2.05, 4.69) is 0 Å². The Morgan fingerprint density at radius 3 is 1.13 bits per heavy atom. The summed E-state index contributed by atoms with van der Waals surface area (Å²) in [4.78, 5) is 38.1. The molecule has 8 nitrogen and oxygen atoms in total. The minimum atomic E-state index is -0.833. The summed E-state index contributed by atoms with van der Waals surface area (Å²) < 4.78 is 0. The van der Waals surface area contributed by atoms with Crippen molar-refractivity contribution >= 4 is 23.9 Å². The van der Waals surface area contributed by atoms with Gasteiger partial charge in [0.2, 0.25) is 0 Å². The number of aliphatic carboxylic acids is 4. The zero-order valence-corrected chi connectivity index (χ0v) is 14.8. The van der Waals surface area contributed by atoms with Crippen molar-refractivity contribution in [2.45, 2.75) is 67.2 Å². The van der Waals surface area contributed by atoms with Crippen LogP contribution in [0.25, 0.3) is 0 Å². The van der Waals surface area contributed by atoms with Gasteiger partial charge in [-0.15, -0.1) is 0 Å². The van der Waals surface area contributed by atoms with Crippen LogP contribution in [0.5, 0.6) is 0 Å². The molecule has 0 bridgehead atoms. The van der Waals surface area contributed by atoms with Crippen molar-refractivity contribution < 1.29 is 39.6 Å². The van der Waals surface area contributed by atoms with Crippen LogP contribution in [-0.2, 0) is 19.2 Å². The van der Waals surface area contributed by atoms with Crippen LogP contribution >= 0.6 is 0 Å². The number of unbranched alkanes of at least 4 members (excludes halogenated alkanes) is 1. The van der Waals surface area contributed by atoms with Gasteiger partial charge in [0.15, 0.2) is 0 Å². The molecule has 0 rings (SSSR count). The second-order valence-corrected chi connectivity index (χ2v) is 5.32. The van der Waals surface area contributed by atoms with Crippen LogP contribution in [0.4, 0.5) is 0 Å². The summed E-state index contributed by atoms with van der Waals surface area (Å²) in [6.07, 6.45) is 2.30. The van der Waals surface area contributed by atoms with Crippen LogP contribution in [0.2, 0.25) is 0 Å². The Morgan fingerprint density at radius 1 is 0.826 bits per heavy atom. The van der Waals surface area contributed by atoms with Gasteiger partial charge in [-0.25, -0.2) is 0 Å². The predicted octanol–water partition coefficient (Wildman–Crippen LogP) is 2.95. The lowest BCUT2D eigenvalue weighted by Gasteiger charge is -2.08. The number of hydrogen-bond donors (Lipinski definition) is 4. The molecule has 0 unspecified atom stereocenters. The Balaban J connectivity index is -0.000000107. The van der Waals surface area contributed by atoms with Crippen molar-refractivity contribution in [3.63, 3.8) is 0 Å². The van der Waals surface area contributed by atoms with Gasteiger partial charge in [-0.1, -0.05) is 20.3 Å². The summed E-state index contributed by atoms with van der Waals surface area (Å²) in [5.41, 5.74) is -0.583. The molecule has 0 radical (unpaired) electrons. The Morgan fingerprint density at radius 2 is 1.09 bits per heavy atom. The van der Waals surface area contributed by atoms with Crippen LogP contribution in [0.15, 0.2) is 0 Å². The van der Waals surface area contributed by atoms with Crippen molar-refractivity contribution in [2.24, 2.45) is 5.41 Å².